The lowest BCUT2D eigenvalue weighted by Gasteiger charge is -2.38. The van der Waals surface area contributed by atoms with Gasteiger partial charge in [-0.1, -0.05) is 0 Å². The van der Waals surface area contributed by atoms with Gasteiger partial charge in [0.15, 0.2) is 0 Å². The van der Waals surface area contributed by atoms with Crippen LogP contribution < -0.4 is 22.2 Å². The SMILES string of the molecule is NC(N)=[NH+][C@H]1[C@H](O)[C@@H](O)[C@H](O)[C@@H]([NH3+])[C@@H]1O. The zero-order chi connectivity index (χ0) is 11.7. The number of rotatable bonds is 1. The molecule has 0 unspecified atom stereocenters. The minimum atomic E-state index is -1.40. The van der Waals surface area contributed by atoms with Gasteiger partial charge in [0.1, 0.15) is 36.5 Å². The second-order valence-corrected chi connectivity index (χ2v) is 3.75. The second kappa shape index (κ2) is 4.29. The van der Waals surface area contributed by atoms with Crippen molar-refractivity contribution < 1.29 is 31.2 Å². The van der Waals surface area contributed by atoms with E-state index in [-0.39, 0.29) is 5.96 Å². The van der Waals surface area contributed by atoms with E-state index in [4.69, 9.17) is 11.5 Å². The lowest BCUT2D eigenvalue weighted by atomic mass is 9.82. The van der Waals surface area contributed by atoms with E-state index in [1.165, 1.54) is 0 Å². The smallest absolute Gasteiger partial charge is 0.339 e. The van der Waals surface area contributed by atoms with Crippen molar-refractivity contribution in [2.24, 2.45) is 11.5 Å². The van der Waals surface area contributed by atoms with Crippen molar-refractivity contribution in [3.63, 3.8) is 0 Å². The van der Waals surface area contributed by atoms with Gasteiger partial charge in [-0.2, -0.15) is 0 Å². The molecule has 1 saturated carbocycles. The molecule has 1 aliphatic carbocycles. The molecule has 8 nitrogen and oxygen atoms in total. The molecule has 0 aromatic carbocycles. The number of aliphatic hydroxyl groups excluding tert-OH is 4. The minimum absolute atomic E-state index is 0.186. The number of quaternary nitrogens is 1. The van der Waals surface area contributed by atoms with E-state index in [0.717, 1.165) is 0 Å². The largest absolute Gasteiger partial charge is 0.387 e. The number of hydrogen-bond acceptors (Lipinski definition) is 4. The average Bonchev–Trinajstić information content (AvgIpc) is 2.18. The number of nitrogens with two attached hydrogens (primary N) is 2. The Bertz CT molecular complexity index is 241. The standard InChI is InChI=1S/C7H16N4O4/c8-1-3(12)2(11-7(9)10)5(14)6(15)4(1)13/h1-6,12-15H,8H2,(H4,9,10,11)/p+2/t1-,2+,3-,4+,5-,6-/m0/s1. The zero-order valence-corrected chi connectivity index (χ0v) is 8.11. The maximum absolute atomic E-state index is 9.66. The quantitative estimate of drug-likeness (QED) is 0.161. The molecule has 8 heteroatoms. The van der Waals surface area contributed by atoms with Gasteiger partial charge in [0, 0.05) is 0 Å². The fourth-order valence-corrected chi connectivity index (χ4v) is 1.70. The first-order valence-corrected chi connectivity index (χ1v) is 4.56. The summed E-state index contributed by atoms with van der Waals surface area (Å²) in [7, 11) is 0. The number of nitrogens with one attached hydrogen (secondary N) is 1. The summed E-state index contributed by atoms with van der Waals surface area (Å²) in [6.45, 7) is 0. The predicted octanol–water partition coefficient (Wildman–Crippen LogP) is -7.22. The van der Waals surface area contributed by atoms with Gasteiger partial charge in [0.2, 0.25) is 0 Å². The van der Waals surface area contributed by atoms with E-state index in [1.807, 2.05) is 0 Å². The van der Waals surface area contributed by atoms with E-state index in [2.05, 4.69) is 10.7 Å². The lowest BCUT2D eigenvalue weighted by Crippen LogP contribution is -2.95. The van der Waals surface area contributed by atoms with E-state index in [0.29, 0.717) is 0 Å². The van der Waals surface area contributed by atoms with Crippen LogP contribution in [-0.4, -0.2) is 62.9 Å². The summed E-state index contributed by atoms with van der Waals surface area (Å²) in [4.78, 5) is 2.42. The normalized spacial score (nSPS) is 46.2. The van der Waals surface area contributed by atoms with Crippen LogP contribution in [0, 0.1) is 0 Å². The molecule has 0 aromatic heterocycles. The van der Waals surface area contributed by atoms with E-state index < -0.39 is 36.5 Å². The summed E-state index contributed by atoms with van der Waals surface area (Å²) in [6.07, 6.45) is -5.20. The highest BCUT2D eigenvalue weighted by atomic mass is 16.4. The molecule has 1 fully saturated rings. The molecule has 0 spiro atoms. The van der Waals surface area contributed by atoms with Crippen LogP contribution >= 0.6 is 0 Å². The average molecular weight is 222 g/mol. The number of hydrogen-bond donors (Lipinski definition) is 8. The summed E-state index contributed by atoms with van der Waals surface area (Å²) in [6, 6.07) is -1.78. The molecule has 0 aromatic rings. The van der Waals surface area contributed by atoms with E-state index in [1.54, 1.807) is 0 Å². The Morgan fingerprint density at radius 1 is 0.933 bits per heavy atom. The molecule has 88 valence electrons. The Balaban J connectivity index is 2.91. The van der Waals surface area contributed by atoms with E-state index in [9.17, 15) is 20.4 Å². The third kappa shape index (κ3) is 2.19. The van der Waals surface area contributed by atoms with Crippen molar-refractivity contribution in [3.05, 3.63) is 0 Å². The molecule has 12 N–H and O–H groups in total. The third-order valence-corrected chi connectivity index (χ3v) is 2.65. The Hall–Kier alpha value is -0.930. The van der Waals surface area contributed by atoms with Crippen LogP contribution in [0.4, 0.5) is 0 Å². The Labute approximate surface area is 86.0 Å². The molecule has 1 aliphatic rings. The van der Waals surface area contributed by atoms with Gasteiger partial charge in [-0.15, -0.1) is 0 Å². The van der Waals surface area contributed by atoms with Gasteiger partial charge in [0.05, 0.1) is 0 Å². The van der Waals surface area contributed by atoms with Crippen LogP contribution in [0.25, 0.3) is 0 Å². The summed E-state index contributed by atoms with van der Waals surface area (Å²) >= 11 is 0. The third-order valence-electron chi connectivity index (χ3n) is 2.65. The molecule has 0 aliphatic heterocycles. The molecule has 0 saturated heterocycles. The fraction of sp³-hybridized carbons (Fsp3) is 0.857. The first kappa shape index (κ1) is 12.1. The highest BCUT2D eigenvalue weighted by Crippen LogP contribution is 2.16. The Morgan fingerprint density at radius 2 is 1.47 bits per heavy atom. The predicted molar refractivity (Wildman–Crippen MR) is 48.8 cm³/mol. The van der Waals surface area contributed by atoms with Gasteiger partial charge in [-0.05, 0) is 0 Å². The molecule has 0 amide bonds. The topological polar surface area (TPSA) is 175 Å². The van der Waals surface area contributed by atoms with Gasteiger partial charge in [-0.3, -0.25) is 16.5 Å². The molecular formula is C7H18N4O4+2. The van der Waals surface area contributed by atoms with Crippen molar-refractivity contribution in [3.8, 4) is 0 Å². The van der Waals surface area contributed by atoms with Crippen LogP contribution in [0.1, 0.15) is 0 Å². The van der Waals surface area contributed by atoms with Crippen molar-refractivity contribution >= 4 is 5.96 Å². The monoisotopic (exact) mass is 222 g/mol. The van der Waals surface area contributed by atoms with Crippen LogP contribution in [0.3, 0.4) is 0 Å². The summed E-state index contributed by atoms with van der Waals surface area (Å²) in [5, 5.41) is 38.1. The summed E-state index contributed by atoms with van der Waals surface area (Å²) < 4.78 is 0. The Morgan fingerprint density at radius 3 is 1.93 bits per heavy atom. The maximum Gasteiger partial charge on any atom is 0.339 e. The lowest BCUT2D eigenvalue weighted by molar-refractivity contribution is -0.571. The highest BCUT2D eigenvalue weighted by molar-refractivity contribution is 5.69. The number of guanidine groups is 1. The summed E-state index contributed by atoms with van der Waals surface area (Å²) in [5.74, 6) is -0.186. The van der Waals surface area contributed by atoms with Crippen LogP contribution in [0.5, 0.6) is 0 Å². The van der Waals surface area contributed by atoms with Gasteiger partial charge in [-0.25, -0.2) is 0 Å². The second-order valence-electron chi connectivity index (χ2n) is 3.75. The van der Waals surface area contributed by atoms with Crippen molar-refractivity contribution in [1.29, 1.82) is 0 Å². The fourth-order valence-electron chi connectivity index (χ4n) is 1.70. The molecule has 1 rings (SSSR count). The van der Waals surface area contributed by atoms with Gasteiger partial charge < -0.3 is 26.2 Å². The first-order chi connectivity index (χ1) is 6.86. The molecule has 0 radical (unpaired) electrons. The van der Waals surface area contributed by atoms with Crippen LogP contribution in [-0.2, 0) is 0 Å². The van der Waals surface area contributed by atoms with Crippen molar-refractivity contribution in [2.75, 3.05) is 0 Å². The molecule has 6 atom stereocenters. The molecular weight excluding hydrogens is 204 g/mol. The van der Waals surface area contributed by atoms with Gasteiger partial charge in [0.25, 0.3) is 0 Å². The molecule has 0 bridgehead atoms. The van der Waals surface area contributed by atoms with Crippen LogP contribution in [0.15, 0.2) is 0 Å². The maximum atomic E-state index is 9.66. The van der Waals surface area contributed by atoms with Crippen molar-refractivity contribution in [2.45, 2.75) is 36.5 Å². The first-order valence-electron chi connectivity index (χ1n) is 4.56. The minimum Gasteiger partial charge on any atom is -0.387 e. The van der Waals surface area contributed by atoms with Crippen molar-refractivity contribution in [1.82, 2.24) is 0 Å². The molecule has 15 heavy (non-hydrogen) atoms. The van der Waals surface area contributed by atoms with Gasteiger partial charge >= 0.3 is 5.96 Å². The number of aliphatic hydroxyl groups is 4. The van der Waals surface area contributed by atoms with E-state index >= 15 is 0 Å². The summed E-state index contributed by atoms with van der Waals surface area (Å²) in [5.41, 5.74) is 13.8. The Kier molecular flexibility index (Phi) is 3.47. The zero-order valence-electron chi connectivity index (χ0n) is 8.11. The highest BCUT2D eigenvalue weighted by Gasteiger charge is 2.50. The molecule has 0 heterocycles. The van der Waals surface area contributed by atoms with Crippen LogP contribution in [0.2, 0.25) is 0 Å².